The van der Waals surface area contributed by atoms with Crippen molar-refractivity contribution >= 4 is 11.9 Å². The van der Waals surface area contributed by atoms with Crippen LogP contribution in [-0.2, 0) is 14.3 Å². The standard InChI is InChI=1S/C14H23NO4/c1-14(13(17)18)7-3-2-6-11(14)15-12(16)9-10-5-4-8-19-10/h10-11H,2-9H2,1H3,(H,15,16)(H,17,18). The van der Waals surface area contributed by atoms with Crippen molar-refractivity contribution in [3.05, 3.63) is 0 Å². The van der Waals surface area contributed by atoms with Gasteiger partial charge in [-0.3, -0.25) is 9.59 Å². The normalized spacial score (nSPS) is 35.0. The van der Waals surface area contributed by atoms with Gasteiger partial charge in [0.2, 0.25) is 5.91 Å². The molecule has 1 aliphatic heterocycles. The first-order valence-corrected chi connectivity index (χ1v) is 7.17. The quantitative estimate of drug-likeness (QED) is 0.814. The van der Waals surface area contributed by atoms with Crippen LogP contribution in [0.3, 0.4) is 0 Å². The predicted molar refractivity (Wildman–Crippen MR) is 69.7 cm³/mol. The molecule has 3 atom stereocenters. The number of aliphatic carboxylic acids is 1. The molecule has 1 amide bonds. The number of carbonyl (C=O) groups excluding carboxylic acids is 1. The van der Waals surface area contributed by atoms with Gasteiger partial charge in [0.1, 0.15) is 0 Å². The maximum Gasteiger partial charge on any atom is 0.311 e. The summed E-state index contributed by atoms with van der Waals surface area (Å²) in [5.41, 5.74) is -0.829. The number of rotatable bonds is 4. The lowest BCUT2D eigenvalue weighted by Crippen LogP contribution is -2.52. The first kappa shape index (κ1) is 14.3. The van der Waals surface area contributed by atoms with Gasteiger partial charge in [0.25, 0.3) is 0 Å². The zero-order valence-corrected chi connectivity index (χ0v) is 11.5. The summed E-state index contributed by atoms with van der Waals surface area (Å²) in [4.78, 5) is 23.4. The maximum absolute atomic E-state index is 12.0. The molecule has 0 radical (unpaired) electrons. The van der Waals surface area contributed by atoms with Gasteiger partial charge in [-0.2, -0.15) is 0 Å². The molecule has 0 bridgehead atoms. The summed E-state index contributed by atoms with van der Waals surface area (Å²) in [6.07, 6.45) is 5.58. The average Bonchev–Trinajstić information content (AvgIpc) is 2.84. The van der Waals surface area contributed by atoms with Crippen LogP contribution >= 0.6 is 0 Å². The minimum absolute atomic E-state index is 0.0136. The second-order valence-electron chi connectivity index (χ2n) is 5.93. The van der Waals surface area contributed by atoms with E-state index in [1.54, 1.807) is 6.92 Å². The van der Waals surface area contributed by atoms with Crippen LogP contribution < -0.4 is 5.32 Å². The summed E-state index contributed by atoms with van der Waals surface area (Å²) in [7, 11) is 0. The SMILES string of the molecule is CC1(C(=O)O)CCCCC1NC(=O)CC1CCCO1. The van der Waals surface area contributed by atoms with Crippen molar-refractivity contribution in [3.63, 3.8) is 0 Å². The van der Waals surface area contributed by atoms with Crippen LogP contribution in [0.4, 0.5) is 0 Å². The highest BCUT2D eigenvalue weighted by Gasteiger charge is 2.43. The molecule has 19 heavy (non-hydrogen) atoms. The predicted octanol–water partition coefficient (Wildman–Crippen LogP) is 1.71. The number of carbonyl (C=O) groups is 2. The first-order chi connectivity index (χ1) is 9.02. The van der Waals surface area contributed by atoms with Gasteiger partial charge >= 0.3 is 5.97 Å². The number of hydrogen-bond donors (Lipinski definition) is 2. The lowest BCUT2D eigenvalue weighted by Gasteiger charge is -2.38. The summed E-state index contributed by atoms with van der Waals surface area (Å²) in [6.45, 7) is 2.47. The van der Waals surface area contributed by atoms with E-state index in [9.17, 15) is 14.7 Å². The highest BCUT2D eigenvalue weighted by atomic mass is 16.5. The van der Waals surface area contributed by atoms with E-state index in [1.165, 1.54) is 0 Å². The van der Waals surface area contributed by atoms with Crippen molar-refractivity contribution in [2.45, 2.75) is 64.0 Å². The lowest BCUT2D eigenvalue weighted by atomic mass is 9.71. The second-order valence-corrected chi connectivity index (χ2v) is 5.93. The van der Waals surface area contributed by atoms with Crippen molar-refractivity contribution in [2.24, 2.45) is 5.41 Å². The van der Waals surface area contributed by atoms with Crippen molar-refractivity contribution in [3.8, 4) is 0 Å². The van der Waals surface area contributed by atoms with Gasteiger partial charge in [-0.1, -0.05) is 12.8 Å². The molecule has 108 valence electrons. The Labute approximate surface area is 113 Å². The molecule has 0 aromatic heterocycles. The fourth-order valence-electron chi connectivity index (χ4n) is 3.09. The molecule has 1 saturated heterocycles. The molecule has 2 fully saturated rings. The van der Waals surface area contributed by atoms with E-state index in [2.05, 4.69) is 5.32 Å². The second kappa shape index (κ2) is 5.90. The van der Waals surface area contributed by atoms with Crippen molar-refractivity contribution in [2.75, 3.05) is 6.61 Å². The molecule has 5 heteroatoms. The topological polar surface area (TPSA) is 75.6 Å². The number of hydrogen-bond acceptors (Lipinski definition) is 3. The van der Waals surface area contributed by atoms with Crippen LogP contribution in [0, 0.1) is 5.41 Å². The van der Waals surface area contributed by atoms with Crippen LogP contribution in [0.25, 0.3) is 0 Å². The number of carboxylic acid groups (broad SMARTS) is 1. The first-order valence-electron chi connectivity index (χ1n) is 7.17. The van der Waals surface area contributed by atoms with Gasteiger partial charge in [0.15, 0.2) is 0 Å². The number of nitrogens with one attached hydrogen (secondary N) is 1. The van der Waals surface area contributed by atoms with Gasteiger partial charge in [-0.05, 0) is 32.6 Å². The highest BCUT2D eigenvalue weighted by Crippen LogP contribution is 2.36. The van der Waals surface area contributed by atoms with E-state index in [0.717, 1.165) is 38.7 Å². The third-order valence-electron chi connectivity index (χ3n) is 4.47. The van der Waals surface area contributed by atoms with Gasteiger partial charge in [-0.15, -0.1) is 0 Å². The van der Waals surface area contributed by atoms with E-state index in [0.29, 0.717) is 12.8 Å². The Hall–Kier alpha value is -1.10. The van der Waals surface area contributed by atoms with E-state index < -0.39 is 11.4 Å². The monoisotopic (exact) mass is 269 g/mol. The molecular weight excluding hydrogens is 246 g/mol. The fourth-order valence-corrected chi connectivity index (χ4v) is 3.09. The van der Waals surface area contributed by atoms with Gasteiger partial charge in [-0.25, -0.2) is 0 Å². The molecule has 1 saturated carbocycles. The largest absolute Gasteiger partial charge is 0.481 e. The molecule has 2 N–H and O–H groups in total. The summed E-state index contributed by atoms with van der Waals surface area (Å²) < 4.78 is 5.44. The third kappa shape index (κ3) is 3.26. The molecule has 1 aliphatic carbocycles. The third-order valence-corrected chi connectivity index (χ3v) is 4.47. The van der Waals surface area contributed by atoms with Gasteiger partial charge < -0.3 is 15.2 Å². The zero-order chi connectivity index (χ0) is 13.9. The maximum atomic E-state index is 12.0. The summed E-state index contributed by atoms with van der Waals surface area (Å²) in [5, 5.41) is 12.3. The van der Waals surface area contributed by atoms with E-state index >= 15 is 0 Å². The molecule has 1 heterocycles. The van der Waals surface area contributed by atoms with Crippen molar-refractivity contribution in [1.29, 1.82) is 0 Å². The Morgan fingerprint density at radius 1 is 1.32 bits per heavy atom. The Morgan fingerprint density at radius 3 is 2.74 bits per heavy atom. The molecule has 0 spiro atoms. The molecule has 2 rings (SSSR count). The highest BCUT2D eigenvalue weighted by molar-refractivity contribution is 5.80. The van der Waals surface area contributed by atoms with Gasteiger partial charge in [0, 0.05) is 12.6 Å². The fraction of sp³-hybridized carbons (Fsp3) is 0.857. The Balaban J connectivity index is 1.91. The smallest absolute Gasteiger partial charge is 0.311 e. The minimum atomic E-state index is -0.829. The number of amides is 1. The number of carboxylic acids is 1. The molecule has 0 aromatic carbocycles. The summed E-state index contributed by atoms with van der Waals surface area (Å²) in [6, 6.07) is -0.257. The van der Waals surface area contributed by atoms with E-state index in [-0.39, 0.29) is 18.1 Å². The van der Waals surface area contributed by atoms with Crippen LogP contribution in [-0.4, -0.2) is 35.7 Å². The van der Waals surface area contributed by atoms with Crippen molar-refractivity contribution < 1.29 is 19.4 Å². The Kier molecular flexibility index (Phi) is 4.45. The van der Waals surface area contributed by atoms with Gasteiger partial charge in [0.05, 0.1) is 17.9 Å². The van der Waals surface area contributed by atoms with Crippen LogP contribution in [0.15, 0.2) is 0 Å². The van der Waals surface area contributed by atoms with E-state index in [1.807, 2.05) is 0 Å². The lowest BCUT2D eigenvalue weighted by molar-refractivity contribution is -0.152. The number of ether oxygens (including phenoxy) is 1. The molecule has 5 nitrogen and oxygen atoms in total. The van der Waals surface area contributed by atoms with Crippen molar-refractivity contribution in [1.82, 2.24) is 5.32 Å². The molecule has 0 aromatic rings. The summed E-state index contributed by atoms with van der Waals surface area (Å²) >= 11 is 0. The molecular formula is C14H23NO4. The minimum Gasteiger partial charge on any atom is -0.481 e. The summed E-state index contributed by atoms with van der Waals surface area (Å²) in [5.74, 6) is -0.888. The Bertz CT molecular complexity index is 351. The van der Waals surface area contributed by atoms with E-state index in [4.69, 9.17) is 4.74 Å². The Morgan fingerprint density at radius 2 is 2.11 bits per heavy atom. The molecule has 2 aliphatic rings. The van der Waals surface area contributed by atoms with Crippen LogP contribution in [0.1, 0.15) is 51.9 Å². The van der Waals surface area contributed by atoms with Crippen LogP contribution in [0.5, 0.6) is 0 Å². The zero-order valence-electron chi connectivity index (χ0n) is 11.5. The average molecular weight is 269 g/mol. The molecule has 3 unspecified atom stereocenters. The van der Waals surface area contributed by atoms with Crippen LogP contribution in [0.2, 0.25) is 0 Å².